The van der Waals surface area contributed by atoms with Crippen LogP contribution in [0, 0.1) is 5.92 Å². The standard InChI is InChI=1S/C21H29FN6OS/c1-4-14-7-5-6-8-15(22)13(2)11-16(14)30-21-27-18-19(23)25-12-26-20(18)28(21)10-9-17(29)24-3/h7,11-13,15H,4-6,8-10H2,1-3H3,(H,24,29)(H2,23,25,26)/b14-7-,16-11+. The van der Waals surface area contributed by atoms with E-state index >= 15 is 0 Å². The van der Waals surface area contributed by atoms with Gasteiger partial charge in [-0.15, -0.1) is 0 Å². The molecule has 30 heavy (non-hydrogen) atoms. The molecule has 0 aromatic carbocycles. The Kier molecular flexibility index (Phi) is 7.47. The third-order valence-corrected chi connectivity index (χ3v) is 6.44. The summed E-state index contributed by atoms with van der Waals surface area (Å²) < 4.78 is 16.4. The topological polar surface area (TPSA) is 98.7 Å². The molecule has 2 aromatic rings. The van der Waals surface area contributed by atoms with Crippen LogP contribution in [0.5, 0.6) is 0 Å². The minimum atomic E-state index is -0.862. The number of alkyl halides is 1. The monoisotopic (exact) mass is 432 g/mol. The molecule has 162 valence electrons. The van der Waals surface area contributed by atoms with Crippen LogP contribution in [0.3, 0.4) is 0 Å². The summed E-state index contributed by atoms with van der Waals surface area (Å²) in [6.07, 6.45) is 8.16. The number of nitrogens with two attached hydrogens (primary N) is 1. The van der Waals surface area contributed by atoms with Crippen LogP contribution in [0.2, 0.25) is 0 Å². The van der Waals surface area contributed by atoms with E-state index < -0.39 is 6.17 Å². The van der Waals surface area contributed by atoms with Gasteiger partial charge < -0.3 is 15.6 Å². The fourth-order valence-electron chi connectivity index (χ4n) is 3.47. The van der Waals surface area contributed by atoms with Crippen molar-refractivity contribution in [3.63, 3.8) is 0 Å². The molecule has 0 saturated heterocycles. The number of carbonyl (C=O) groups is 1. The Hall–Kier alpha value is -2.42. The normalized spacial score (nSPS) is 23.6. The summed E-state index contributed by atoms with van der Waals surface area (Å²) in [5, 5.41) is 3.31. The van der Waals surface area contributed by atoms with Gasteiger partial charge in [0.1, 0.15) is 12.5 Å². The second-order valence-corrected chi connectivity index (χ2v) is 8.43. The summed E-state index contributed by atoms with van der Waals surface area (Å²) in [4.78, 5) is 25.9. The lowest BCUT2D eigenvalue weighted by atomic mass is 10.0. The first-order chi connectivity index (χ1) is 14.4. The number of aryl methyl sites for hydroxylation is 1. The largest absolute Gasteiger partial charge is 0.382 e. The molecule has 1 amide bonds. The maximum Gasteiger partial charge on any atom is 0.221 e. The summed E-state index contributed by atoms with van der Waals surface area (Å²) in [5.41, 5.74) is 8.31. The fourth-order valence-corrected chi connectivity index (χ4v) is 4.73. The van der Waals surface area contributed by atoms with Gasteiger partial charge in [0, 0.05) is 30.8 Å². The van der Waals surface area contributed by atoms with Crippen molar-refractivity contribution in [1.82, 2.24) is 24.8 Å². The number of nitrogens with zero attached hydrogens (tertiary/aromatic N) is 4. The zero-order valence-electron chi connectivity index (χ0n) is 17.7. The molecule has 0 fully saturated rings. The average Bonchev–Trinajstić information content (AvgIpc) is 3.11. The van der Waals surface area contributed by atoms with Gasteiger partial charge in [-0.2, -0.15) is 0 Å². The molecule has 0 bridgehead atoms. The third kappa shape index (κ3) is 5.00. The Morgan fingerprint density at radius 3 is 2.97 bits per heavy atom. The highest BCUT2D eigenvalue weighted by Crippen LogP contribution is 2.37. The number of nitrogen functional groups attached to an aromatic ring is 1. The lowest BCUT2D eigenvalue weighted by Crippen LogP contribution is -2.19. The predicted molar refractivity (Wildman–Crippen MR) is 119 cm³/mol. The Morgan fingerprint density at radius 1 is 1.43 bits per heavy atom. The molecule has 2 unspecified atom stereocenters. The SMILES string of the molecule is CCC1=C/CCCC(F)C(C)/C=C\1Sc1nc2c(N)ncnc2n1CCC(=O)NC. The van der Waals surface area contributed by atoms with Gasteiger partial charge >= 0.3 is 0 Å². The summed E-state index contributed by atoms with van der Waals surface area (Å²) >= 11 is 1.48. The molecular formula is C21H29FN6OS. The molecule has 0 radical (unpaired) electrons. The number of anilines is 1. The highest BCUT2D eigenvalue weighted by atomic mass is 32.2. The zero-order chi connectivity index (χ0) is 21.7. The lowest BCUT2D eigenvalue weighted by molar-refractivity contribution is -0.120. The molecule has 1 aliphatic rings. The van der Waals surface area contributed by atoms with E-state index in [-0.39, 0.29) is 18.2 Å². The zero-order valence-corrected chi connectivity index (χ0v) is 18.5. The number of fused-ring (bicyclic) bond motifs is 1. The van der Waals surface area contributed by atoms with Gasteiger partial charge in [-0.05, 0) is 31.3 Å². The number of nitrogens with one attached hydrogen (secondary N) is 1. The smallest absolute Gasteiger partial charge is 0.221 e. The molecule has 3 N–H and O–H groups in total. The molecule has 3 rings (SSSR count). The number of hydrogen-bond acceptors (Lipinski definition) is 6. The van der Waals surface area contributed by atoms with E-state index in [0.29, 0.717) is 35.1 Å². The molecule has 2 heterocycles. The van der Waals surface area contributed by atoms with E-state index in [1.54, 1.807) is 7.05 Å². The average molecular weight is 433 g/mol. The van der Waals surface area contributed by atoms with Crippen molar-refractivity contribution in [2.45, 2.75) is 63.8 Å². The molecule has 0 aliphatic heterocycles. The van der Waals surface area contributed by atoms with E-state index in [0.717, 1.165) is 24.2 Å². The molecular weight excluding hydrogens is 403 g/mol. The number of halogens is 1. The van der Waals surface area contributed by atoms with Crippen molar-refractivity contribution in [3.05, 3.63) is 29.0 Å². The minimum absolute atomic E-state index is 0.0699. The Labute approximate surface area is 180 Å². The molecule has 2 aromatic heterocycles. The van der Waals surface area contributed by atoms with Crippen molar-refractivity contribution in [2.24, 2.45) is 5.92 Å². The van der Waals surface area contributed by atoms with Crippen LogP contribution in [-0.2, 0) is 11.3 Å². The van der Waals surface area contributed by atoms with Crippen molar-refractivity contribution < 1.29 is 9.18 Å². The number of amides is 1. The number of aromatic nitrogens is 4. The van der Waals surface area contributed by atoms with Gasteiger partial charge in [-0.1, -0.05) is 37.8 Å². The number of thioether (sulfide) groups is 1. The number of allylic oxidation sites excluding steroid dienone is 3. The molecule has 9 heteroatoms. The molecule has 7 nitrogen and oxygen atoms in total. The second kappa shape index (κ2) is 10.1. The first-order valence-electron chi connectivity index (χ1n) is 10.3. The number of hydrogen-bond donors (Lipinski definition) is 2. The number of carbonyl (C=O) groups excluding carboxylic acids is 1. The van der Waals surface area contributed by atoms with Crippen LogP contribution in [0.1, 0.15) is 46.0 Å². The van der Waals surface area contributed by atoms with Crippen LogP contribution < -0.4 is 11.1 Å². The maximum atomic E-state index is 14.5. The molecule has 2 atom stereocenters. The highest BCUT2D eigenvalue weighted by molar-refractivity contribution is 8.03. The molecule has 0 saturated carbocycles. The summed E-state index contributed by atoms with van der Waals surface area (Å²) in [5.74, 6) is 0.0427. The van der Waals surface area contributed by atoms with Crippen LogP contribution in [0.4, 0.5) is 10.2 Å². The quantitative estimate of drug-likeness (QED) is 0.715. The van der Waals surface area contributed by atoms with Crippen LogP contribution >= 0.6 is 11.8 Å². The molecule has 1 aliphatic carbocycles. The Bertz CT molecular complexity index is 970. The summed E-state index contributed by atoms with van der Waals surface area (Å²) in [6, 6.07) is 0. The van der Waals surface area contributed by atoms with E-state index in [2.05, 4.69) is 33.3 Å². The Balaban J connectivity index is 2.04. The van der Waals surface area contributed by atoms with Gasteiger partial charge in [-0.25, -0.2) is 19.3 Å². The van der Waals surface area contributed by atoms with Gasteiger partial charge in [-0.3, -0.25) is 4.79 Å². The third-order valence-electron chi connectivity index (χ3n) is 5.32. The maximum absolute atomic E-state index is 14.5. The predicted octanol–water partition coefficient (Wildman–Crippen LogP) is 4.02. The van der Waals surface area contributed by atoms with E-state index in [4.69, 9.17) is 5.73 Å². The van der Waals surface area contributed by atoms with Crippen molar-refractivity contribution in [3.8, 4) is 0 Å². The highest BCUT2D eigenvalue weighted by Gasteiger charge is 2.21. The first kappa shape index (κ1) is 22.3. The Morgan fingerprint density at radius 2 is 2.23 bits per heavy atom. The molecule has 0 spiro atoms. The van der Waals surface area contributed by atoms with Crippen LogP contribution in [0.15, 0.2) is 34.1 Å². The fraction of sp³-hybridized carbons (Fsp3) is 0.524. The lowest BCUT2D eigenvalue weighted by Gasteiger charge is -2.15. The van der Waals surface area contributed by atoms with Crippen molar-refractivity contribution in [1.29, 1.82) is 0 Å². The number of imidazole rings is 1. The van der Waals surface area contributed by atoms with E-state index in [9.17, 15) is 9.18 Å². The van der Waals surface area contributed by atoms with Crippen LogP contribution in [-0.4, -0.2) is 38.6 Å². The van der Waals surface area contributed by atoms with Crippen LogP contribution in [0.25, 0.3) is 11.2 Å². The van der Waals surface area contributed by atoms with Gasteiger partial charge in [0.2, 0.25) is 5.91 Å². The van der Waals surface area contributed by atoms with Crippen molar-refractivity contribution in [2.75, 3.05) is 12.8 Å². The summed E-state index contributed by atoms with van der Waals surface area (Å²) in [6.45, 7) is 4.43. The van der Waals surface area contributed by atoms with E-state index in [1.165, 1.54) is 23.7 Å². The van der Waals surface area contributed by atoms with Gasteiger partial charge in [0.05, 0.1) is 0 Å². The summed E-state index contributed by atoms with van der Waals surface area (Å²) in [7, 11) is 1.61. The van der Waals surface area contributed by atoms with Crippen molar-refractivity contribution >= 4 is 34.7 Å². The van der Waals surface area contributed by atoms with E-state index in [1.807, 2.05) is 17.6 Å². The first-order valence-corrected chi connectivity index (χ1v) is 11.2. The minimum Gasteiger partial charge on any atom is -0.382 e. The number of rotatable bonds is 6. The van der Waals surface area contributed by atoms with Gasteiger partial charge in [0.15, 0.2) is 22.1 Å². The van der Waals surface area contributed by atoms with Gasteiger partial charge in [0.25, 0.3) is 0 Å². The second-order valence-electron chi connectivity index (χ2n) is 7.42.